The maximum atomic E-state index is 5.57. The lowest BCUT2D eigenvalue weighted by Gasteiger charge is -2.18. The van der Waals surface area contributed by atoms with Crippen LogP contribution >= 0.6 is 0 Å². The van der Waals surface area contributed by atoms with E-state index in [2.05, 4.69) is 116 Å². The van der Waals surface area contributed by atoms with Crippen LogP contribution in [0.25, 0.3) is 23.3 Å². The minimum atomic E-state index is 0.829. The van der Waals surface area contributed by atoms with Crippen LogP contribution in [0.2, 0.25) is 0 Å². The molecule has 0 spiro atoms. The minimum Gasteiger partial charge on any atom is -0.497 e. The van der Waals surface area contributed by atoms with Crippen molar-refractivity contribution in [1.82, 2.24) is 14.1 Å². The van der Waals surface area contributed by atoms with Crippen molar-refractivity contribution in [1.29, 1.82) is 0 Å². The Bertz CT molecular complexity index is 1450. The van der Waals surface area contributed by atoms with Gasteiger partial charge in [-0.05, 0) is 105 Å². The van der Waals surface area contributed by atoms with Crippen molar-refractivity contribution in [2.45, 2.75) is 27.7 Å². The number of methoxy groups -OCH3 is 1. The molecule has 0 fully saturated rings. The van der Waals surface area contributed by atoms with Crippen molar-refractivity contribution < 1.29 is 4.74 Å². The van der Waals surface area contributed by atoms with E-state index >= 15 is 0 Å². The molecule has 2 aromatic carbocycles. The fourth-order valence-electron chi connectivity index (χ4n) is 4.79. The molecule has 36 heavy (non-hydrogen) atoms. The summed E-state index contributed by atoms with van der Waals surface area (Å²) < 4.78 is 10.0. The monoisotopic (exact) mass is 473 g/mol. The van der Waals surface area contributed by atoms with Gasteiger partial charge < -0.3 is 13.9 Å². The van der Waals surface area contributed by atoms with Gasteiger partial charge in [-0.3, -0.25) is 0 Å². The van der Waals surface area contributed by atoms with E-state index in [0.29, 0.717) is 0 Å². The molecule has 0 aliphatic rings. The molecule has 0 unspecified atom stereocenters. The van der Waals surface area contributed by atoms with Crippen molar-refractivity contribution in [3.63, 3.8) is 0 Å². The van der Waals surface area contributed by atoms with Crippen LogP contribution < -0.4 is 4.74 Å². The Morgan fingerprint density at radius 2 is 1.19 bits per heavy atom. The van der Waals surface area contributed by atoms with Gasteiger partial charge >= 0.3 is 0 Å². The van der Waals surface area contributed by atoms with Gasteiger partial charge in [-0.15, -0.1) is 0 Å². The Kier molecular flexibility index (Phi) is 6.34. The van der Waals surface area contributed by atoms with Crippen LogP contribution in [0.3, 0.4) is 0 Å². The van der Waals surface area contributed by atoms with Gasteiger partial charge in [-0.2, -0.15) is 0 Å². The van der Waals surface area contributed by atoms with E-state index in [-0.39, 0.29) is 0 Å². The lowest BCUT2D eigenvalue weighted by Crippen LogP contribution is -2.09. The molecule has 0 radical (unpaired) electrons. The number of pyridine rings is 1. The molecule has 0 saturated heterocycles. The third-order valence-corrected chi connectivity index (χ3v) is 6.60. The van der Waals surface area contributed by atoms with Crippen LogP contribution in [0.5, 0.6) is 5.75 Å². The van der Waals surface area contributed by atoms with Gasteiger partial charge in [0.25, 0.3) is 0 Å². The van der Waals surface area contributed by atoms with Crippen LogP contribution in [0.1, 0.15) is 39.5 Å². The number of nitrogens with zero attached hydrogens (tertiary/aromatic N) is 3. The molecule has 0 N–H and O–H groups in total. The van der Waals surface area contributed by atoms with Crippen molar-refractivity contribution in [3.8, 4) is 17.4 Å². The average Bonchev–Trinajstić information content (AvgIpc) is 3.42. The summed E-state index contributed by atoms with van der Waals surface area (Å²) in [5.74, 6) is 2.63. The van der Waals surface area contributed by atoms with Crippen molar-refractivity contribution in [2.24, 2.45) is 0 Å². The first-order valence-corrected chi connectivity index (χ1v) is 12.2. The summed E-state index contributed by atoms with van der Waals surface area (Å²) in [7, 11) is 1.71. The highest BCUT2D eigenvalue weighted by atomic mass is 16.5. The Morgan fingerprint density at radius 3 is 1.72 bits per heavy atom. The van der Waals surface area contributed by atoms with Gasteiger partial charge in [-0.1, -0.05) is 42.5 Å². The molecule has 5 aromatic rings. The fraction of sp³-hybridized carbons (Fsp3) is 0.156. The molecule has 5 rings (SSSR count). The summed E-state index contributed by atoms with van der Waals surface area (Å²) in [6.07, 6.45) is 2.24. The third-order valence-electron chi connectivity index (χ3n) is 6.60. The second-order valence-corrected chi connectivity index (χ2v) is 9.18. The molecule has 0 atom stereocenters. The Morgan fingerprint density at radius 1 is 0.639 bits per heavy atom. The molecular formula is C32H31N3O. The van der Waals surface area contributed by atoms with Crippen LogP contribution in [-0.2, 0) is 0 Å². The third kappa shape index (κ3) is 4.50. The van der Waals surface area contributed by atoms with Crippen LogP contribution in [-0.4, -0.2) is 21.2 Å². The maximum absolute atomic E-state index is 5.57. The molecule has 3 heterocycles. The second kappa shape index (κ2) is 9.74. The van der Waals surface area contributed by atoms with Crippen LogP contribution in [0, 0.1) is 27.7 Å². The first kappa shape index (κ1) is 23.4. The van der Waals surface area contributed by atoms with Gasteiger partial charge in [0, 0.05) is 22.8 Å². The van der Waals surface area contributed by atoms with Gasteiger partial charge in [0.15, 0.2) is 0 Å². The number of rotatable bonds is 6. The lowest BCUT2D eigenvalue weighted by molar-refractivity contribution is 0.414. The van der Waals surface area contributed by atoms with E-state index in [1.807, 2.05) is 18.2 Å². The van der Waals surface area contributed by atoms with E-state index in [4.69, 9.17) is 9.72 Å². The molecule has 0 saturated carbocycles. The molecule has 4 heteroatoms. The molecule has 4 nitrogen and oxygen atoms in total. The number of benzene rings is 2. The molecular weight excluding hydrogens is 442 g/mol. The molecule has 0 aliphatic heterocycles. The van der Waals surface area contributed by atoms with E-state index in [0.717, 1.165) is 62.4 Å². The first-order chi connectivity index (χ1) is 17.4. The number of aromatic nitrogens is 3. The molecule has 180 valence electrons. The first-order valence-electron chi connectivity index (χ1n) is 12.2. The average molecular weight is 474 g/mol. The second-order valence-electron chi connectivity index (χ2n) is 9.18. The SMILES string of the molecule is COc1cccc(/C(=C/c2ccccc2)c2cc(-n3c(C)ccc3C)nc(-n3c(C)ccc3C)c2)c1. The van der Waals surface area contributed by atoms with Gasteiger partial charge in [-0.25, -0.2) is 4.98 Å². The number of hydrogen-bond donors (Lipinski definition) is 0. The van der Waals surface area contributed by atoms with Crippen molar-refractivity contribution in [3.05, 3.63) is 130 Å². The number of ether oxygens (including phenoxy) is 1. The minimum absolute atomic E-state index is 0.829. The fourth-order valence-corrected chi connectivity index (χ4v) is 4.79. The molecule has 3 aromatic heterocycles. The highest BCUT2D eigenvalue weighted by molar-refractivity contribution is 5.92. The van der Waals surface area contributed by atoms with Crippen molar-refractivity contribution >= 4 is 11.6 Å². The number of aryl methyl sites for hydroxylation is 4. The zero-order valence-electron chi connectivity index (χ0n) is 21.5. The van der Waals surface area contributed by atoms with E-state index in [1.54, 1.807) is 7.11 Å². The lowest BCUT2D eigenvalue weighted by atomic mass is 9.95. The number of hydrogen-bond acceptors (Lipinski definition) is 2. The smallest absolute Gasteiger partial charge is 0.140 e. The van der Waals surface area contributed by atoms with E-state index in [9.17, 15) is 0 Å². The van der Waals surface area contributed by atoms with Gasteiger partial charge in [0.2, 0.25) is 0 Å². The topological polar surface area (TPSA) is 32.0 Å². The quantitative estimate of drug-likeness (QED) is 0.239. The normalized spacial score (nSPS) is 11.6. The summed E-state index contributed by atoms with van der Waals surface area (Å²) in [6.45, 7) is 8.48. The van der Waals surface area contributed by atoms with Crippen molar-refractivity contribution in [2.75, 3.05) is 7.11 Å². The highest BCUT2D eigenvalue weighted by Crippen LogP contribution is 2.32. The van der Waals surface area contributed by atoms with Gasteiger partial charge in [0.05, 0.1) is 7.11 Å². The molecule has 0 amide bonds. The van der Waals surface area contributed by atoms with Crippen LogP contribution in [0.4, 0.5) is 0 Å². The largest absolute Gasteiger partial charge is 0.497 e. The summed E-state index contributed by atoms with van der Waals surface area (Å²) in [5.41, 5.74) is 9.03. The highest BCUT2D eigenvalue weighted by Gasteiger charge is 2.16. The summed E-state index contributed by atoms with van der Waals surface area (Å²) in [6, 6.07) is 31.6. The summed E-state index contributed by atoms with van der Waals surface area (Å²) in [5, 5.41) is 0. The standard InChI is InChI=1S/C32H31N3O/c1-22-14-15-23(2)34(22)31-20-28(21-32(33-31)35-24(3)16-17-25(35)4)30(18-26-10-7-6-8-11-26)27-12-9-13-29(19-27)36-5/h6-21H,1-5H3/b30-18-. The maximum Gasteiger partial charge on any atom is 0.140 e. The predicted octanol–water partition coefficient (Wildman–Crippen LogP) is 7.49. The zero-order chi connectivity index (χ0) is 25.2. The van der Waals surface area contributed by atoms with E-state index < -0.39 is 0 Å². The zero-order valence-corrected chi connectivity index (χ0v) is 21.5. The Hall–Kier alpha value is -4.31. The summed E-state index contributed by atoms with van der Waals surface area (Å²) >= 11 is 0. The Balaban J connectivity index is 1.81. The Labute approximate surface area is 213 Å². The van der Waals surface area contributed by atoms with E-state index in [1.165, 1.54) is 0 Å². The predicted molar refractivity (Wildman–Crippen MR) is 148 cm³/mol. The molecule has 0 bridgehead atoms. The molecule has 0 aliphatic carbocycles. The summed E-state index contributed by atoms with van der Waals surface area (Å²) in [4.78, 5) is 5.15. The van der Waals surface area contributed by atoms with Crippen LogP contribution in [0.15, 0.2) is 91.0 Å². The van der Waals surface area contributed by atoms with Gasteiger partial charge in [0.1, 0.15) is 17.4 Å².